The second-order valence-corrected chi connectivity index (χ2v) is 6.09. The lowest BCUT2D eigenvalue weighted by molar-refractivity contribution is -0.143. The molecule has 2 aliphatic heterocycles. The molecule has 1 aromatic rings. The Morgan fingerprint density at radius 2 is 2.42 bits per heavy atom. The average molecular weight is 280 g/mol. The lowest BCUT2D eigenvalue weighted by atomic mass is 9.98. The number of thiophene rings is 1. The zero-order valence-electron chi connectivity index (χ0n) is 11.2. The summed E-state index contributed by atoms with van der Waals surface area (Å²) in [4.78, 5) is 14.2. The van der Waals surface area contributed by atoms with Gasteiger partial charge in [0.2, 0.25) is 5.91 Å². The number of nitrogens with zero attached hydrogens (tertiary/aromatic N) is 1. The normalized spacial score (nSPS) is 31.1. The highest BCUT2D eigenvalue weighted by atomic mass is 32.1. The lowest BCUT2D eigenvalue weighted by Gasteiger charge is -2.35. The number of nitrogens with one attached hydrogen (secondary N) is 1. The van der Waals surface area contributed by atoms with Crippen molar-refractivity contribution in [2.75, 3.05) is 13.6 Å². The van der Waals surface area contributed by atoms with Crippen molar-refractivity contribution in [2.24, 2.45) is 0 Å². The van der Waals surface area contributed by atoms with Crippen LogP contribution in [0.5, 0.6) is 0 Å². The van der Waals surface area contributed by atoms with Crippen molar-refractivity contribution in [2.45, 2.75) is 44.1 Å². The molecule has 0 spiro atoms. The molecule has 0 aromatic carbocycles. The Bertz CT molecular complexity index is 435. The van der Waals surface area contributed by atoms with Gasteiger partial charge in [-0.2, -0.15) is 11.3 Å². The Morgan fingerprint density at radius 3 is 3.16 bits per heavy atom. The van der Waals surface area contributed by atoms with E-state index < -0.39 is 0 Å². The van der Waals surface area contributed by atoms with Crippen LogP contribution < -0.4 is 5.32 Å². The highest BCUT2D eigenvalue weighted by molar-refractivity contribution is 7.07. The number of carbonyl (C=O) groups excluding carboxylic acids is 1. The number of amides is 1. The van der Waals surface area contributed by atoms with Gasteiger partial charge in [0.15, 0.2) is 0 Å². The fourth-order valence-electron chi connectivity index (χ4n) is 3.18. The first-order valence-corrected chi connectivity index (χ1v) is 7.84. The molecule has 0 radical (unpaired) electrons. The van der Waals surface area contributed by atoms with E-state index in [0.717, 1.165) is 32.4 Å². The summed E-state index contributed by atoms with van der Waals surface area (Å²) in [7, 11) is 1.68. The molecule has 3 atom stereocenters. The van der Waals surface area contributed by atoms with Gasteiger partial charge in [-0.3, -0.25) is 9.69 Å². The third-order valence-electron chi connectivity index (χ3n) is 4.17. The molecule has 0 unspecified atom stereocenters. The van der Waals surface area contributed by atoms with Crippen LogP contribution in [0.1, 0.15) is 24.8 Å². The summed E-state index contributed by atoms with van der Waals surface area (Å²) in [6.45, 7) is 2.09. The maximum atomic E-state index is 11.6. The van der Waals surface area contributed by atoms with E-state index in [2.05, 4.69) is 27.0 Å². The predicted octanol–water partition coefficient (Wildman–Crippen LogP) is 1.62. The van der Waals surface area contributed by atoms with E-state index >= 15 is 0 Å². The monoisotopic (exact) mass is 280 g/mol. The Balaban J connectivity index is 1.60. The number of ether oxygens (including phenoxy) is 1. The molecule has 0 bridgehead atoms. The Hall–Kier alpha value is -0.910. The first-order chi connectivity index (χ1) is 9.28. The molecule has 3 rings (SSSR count). The van der Waals surface area contributed by atoms with Crippen LogP contribution in [0.3, 0.4) is 0 Å². The van der Waals surface area contributed by atoms with E-state index in [1.165, 1.54) is 5.56 Å². The van der Waals surface area contributed by atoms with Crippen molar-refractivity contribution in [3.63, 3.8) is 0 Å². The van der Waals surface area contributed by atoms with E-state index in [0.29, 0.717) is 6.04 Å². The maximum absolute atomic E-state index is 11.6. The quantitative estimate of drug-likeness (QED) is 0.915. The molecule has 0 saturated carbocycles. The van der Waals surface area contributed by atoms with Crippen LogP contribution in [-0.2, 0) is 16.1 Å². The number of likely N-dealkylation sites (tertiary alicyclic amines) is 1. The second kappa shape index (κ2) is 5.61. The molecule has 19 heavy (non-hydrogen) atoms. The number of carbonyl (C=O) groups is 1. The van der Waals surface area contributed by atoms with Crippen molar-refractivity contribution in [1.29, 1.82) is 0 Å². The third-order valence-corrected chi connectivity index (χ3v) is 4.90. The Labute approximate surface area is 117 Å². The number of hydrogen-bond acceptors (Lipinski definition) is 4. The Kier molecular flexibility index (Phi) is 3.86. The standard InChI is InChI=1S/C14H20N2O2S/c1-15-14(17)13-3-2-11-12(18-13)4-6-16(11)8-10-5-7-19-9-10/h5,7,9,11-13H,2-4,6,8H2,1H3,(H,15,17)/t11-,12-,13-/m0/s1. The first-order valence-electron chi connectivity index (χ1n) is 6.90. The van der Waals surface area contributed by atoms with Gasteiger partial charge in [0.05, 0.1) is 6.10 Å². The van der Waals surface area contributed by atoms with Gasteiger partial charge in [-0.1, -0.05) is 0 Å². The topological polar surface area (TPSA) is 41.6 Å². The average Bonchev–Trinajstić information content (AvgIpc) is 3.08. The Morgan fingerprint density at radius 1 is 1.53 bits per heavy atom. The van der Waals surface area contributed by atoms with E-state index in [9.17, 15) is 4.79 Å². The molecule has 1 N–H and O–H groups in total. The highest BCUT2D eigenvalue weighted by Crippen LogP contribution is 2.32. The molecule has 2 aliphatic rings. The van der Waals surface area contributed by atoms with Gasteiger partial charge in [-0.05, 0) is 41.7 Å². The molecule has 104 valence electrons. The number of likely N-dealkylation sites (N-methyl/N-ethyl adjacent to an activating group) is 1. The fraction of sp³-hybridized carbons (Fsp3) is 0.643. The lowest BCUT2D eigenvalue weighted by Crippen LogP contribution is -2.47. The zero-order valence-corrected chi connectivity index (χ0v) is 12.0. The molecule has 2 saturated heterocycles. The summed E-state index contributed by atoms with van der Waals surface area (Å²) >= 11 is 1.75. The van der Waals surface area contributed by atoms with E-state index in [1.54, 1.807) is 18.4 Å². The molecule has 2 fully saturated rings. The molecular weight excluding hydrogens is 260 g/mol. The second-order valence-electron chi connectivity index (χ2n) is 5.31. The van der Waals surface area contributed by atoms with Crippen molar-refractivity contribution in [3.05, 3.63) is 22.4 Å². The minimum absolute atomic E-state index is 0.0229. The molecule has 3 heterocycles. The van der Waals surface area contributed by atoms with Crippen LogP contribution >= 0.6 is 11.3 Å². The van der Waals surface area contributed by atoms with Crippen LogP contribution in [0.4, 0.5) is 0 Å². The minimum Gasteiger partial charge on any atom is -0.363 e. The summed E-state index contributed by atoms with van der Waals surface area (Å²) in [6.07, 6.45) is 2.93. The molecule has 5 heteroatoms. The van der Waals surface area contributed by atoms with Crippen LogP contribution in [0, 0.1) is 0 Å². The van der Waals surface area contributed by atoms with Crippen molar-refractivity contribution < 1.29 is 9.53 Å². The predicted molar refractivity (Wildman–Crippen MR) is 75.1 cm³/mol. The van der Waals surface area contributed by atoms with E-state index in [4.69, 9.17) is 4.74 Å². The summed E-state index contributed by atoms with van der Waals surface area (Å²) in [5.41, 5.74) is 1.39. The van der Waals surface area contributed by atoms with Gasteiger partial charge in [0.25, 0.3) is 0 Å². The smallest absolute Gasteiger partial charge is 0.248 e. The van der Waals surface area contributed by atoms with E-state index in [1.807, 2.05) is 0 Å². The molecule has 0 aliphatic carbocycles. The van der Waals surface area contributed by atoms with Gasteiger partial charge in [0.1, 0.15) is 6.10 Å². The summed E-state index contributed by atoms with van der Waals surface area (Å²) in [5.74, 6) is 0.0229. The van der Waals surface area contributed by atoms with Crippen molar-refractivity contribution in [3.8, 4) is 0 Å². The summed E-state index contributed by atoms with van der Waals surface area (Å²) in [5, 5.41) is 7.03. The number of hydrogen-bond donors (Lipinski definition) is 1. The minimum atomic E-state index is -0.243. The maximum Gasteiger partial charge on any atom is 0.248 e. The zero-order chi connectivity index (χ0) is 13.2. The highest BCUT2D eigenvalue weighted by Gasteiger charge is 2.41. The van der Waals surface area contributed by atoms with E-state index in [-0.39, 0.29) is 18.1 Å². The molecule has 1 amide bonds. The molecule has 4 nitrogen and oxygen atoms in total. The van der Waals surface area contributed by atoms with Crippen molar-refractivity contribution >= 4 is 17.2 Å². The van der Waals surface area contributed by atoms with Gasteiger partial charge in [-0.15, -0.1) is 0 Å². The summed E-state index contributed by atoms with van der Waals surface area (Å²) < 4.78 is 5.96. The van der Waals surface area contributed by atoms with Crippen LogP contribution in [0.25, 0.3) is 0 Å². The van der Waals surface area contributed by atoms with Crippen LogP contribution in [-0.4, -0.2) is 42.6 Å². The molecule has 1 aromatic heterocycles. The first kappa shape index (κ1) is 13.1. The van der Waals surface area contributed by atoms with Gasteiger partial charge in [-0.25, -0.2) is 0 Å². The molecular formula is C14H20N2O2S. The van der Waals surface area contributed by atoms with Gasteiger partial charge >= 0.3 is 0 Å². The fourth-order valence-corrected chi connectivity index (χ4v) is 3.84. The number of fused-ring (bicyclic) bond motifs is 1. The number of rotatable bonds is 3. The largest absolute Gasteiger partial charge is 0.363 e. The van der Waals surface area contributed by atoms with Crippen LogP contribution in [0.15, 0.2) is 16.8 Å². The summed E-state index contributed by atoms with van der Waals surface area (Å²) in [6, 6.07) is 2.68. The SMILES string of the molecule is CNC(=O)[C@@H]1CC[C@H]2[C@H](CCN2Cc2ccsc2)O1. The van der Waals surface area contributed by atoms with Crippen LogP contribution in [0.2, 0.25) is 0 Å². The third kappa shape index (κ3) is 2.68. The van der Waals surface area contributed by atoms with Crippen molar-refractivity contribution in [1.82, 2.24) is 10.2 Å². The van der Waals surface area contributed by atoms with Gasteiger partial charge in [0, 0.05) is 26.2 Å². The van der Waals surface area contributed by atoms with Gasteiger partial charge < -0.3 is 10.1 Å².